The largest absolute Gasteiger partial charge is 0.324 e. The molecule has 5 heteroatoms. The summed E-state index contributed by atoms with van der Waals surface area (Å²) in [5.41, 5.74) is 17.8. The molecule has 4 aliphatic rings. The van der Waals surface area contributed by atoms with Crippen LogP contribution in [0.3, 0.4) is 0 Å². The number of nitrogens with one attached hydrogen (secondary N) is 1. The molecule has 5 nitrogen and oxygen atoms in total. The van der Waals surface area contributed by atoms with Gasteiger partial charge in [0.15, 0.2) is 6.17 Å². The van der Waals surface area contributed by atoms with Gasteiger partial charge in [0.05, 0.1) is 11.2 Å². The van der Waals surface area contributed by atoms with E-state index in [1.807, 2.05) is 0 Å². The highest BCUT2D eigenvalue weighted by atomic mass is 15.2. The van der Waals surface area contributed by atoms with Gasteiger partial charge in [0, 0.05) is 50.8 Å². The number of aryl methyl sites for hydroxylation is 1. The highest BCUT2D eigenvalue weighted by Crippen LogP contribution is 2.45. The molecule has 0 saturated carbocycles. The number of hydrogen-bond acceptors (Lipinski definition) is 4. The van der Waals surface area contributed by atoms with E-state index in [4.69, 9.17) is 9.98 Å². The van der Waals surface area contributed by atoms with Crippen LogP contribution in [0.5, 0.6) is 0 Å². The van der Waals surface area contributed by atoms with Crippen molar-refractivity contribution in [2.24, 2.45) is 9.98 Å². The molecular weight excluding hydrogens is 827 g/mol. The first-order chi connectivity index (χ1) is 33.7. The van der Waals surface area contributed by atoms with Crippen LogP contribution in [-0.2, 0) is 6.42 Å². The van der Waals surface area contributed by atoms with Gasteiger partial charge in [-0.3, -0.25) is 0 Å². The number of para-hydroxylation sites is 2. The Balaban J connectivity index is 0.963. The molecule has 0 fully saturated rings. The van der Waals surface area contributed by atoms with E-state index >= 15 is 0 Å². The molecule has 2 heterocycles. The lowest BCUT2D eigenvalue weighted by atomic mass is 9.88. The molecule has 2 unspecified atom stereocenters. The van der Waals surface area contributed by atoms with Crippen LogP contribution in [0.2, 0.25) is 0 Å². The Hall–Kier alpha value is -8.28. The zero-order valence-corrected chi connectivity index (χ0v) is 37.9. The smallest absolute Gasteiger partial charge is 0.171 e. The van der Waals surface area contributed by atoms with Crippen molar-refractivity contribution in [3.63, 3.8) is 0 Å². The second-order valence-electron chi connectivity index (χ2n) is 17.9. The van der Waals surface area contributed by atoms with Gasteiger partial charge in [-0.25, -0.2) is 9.98 Å². The molecule has 68 heavy (non-hydrogen) atoms. The summed E-state index contributed by atoms with van der Waals surface area (Å²) in [6.45, 7) is 0. The monoisotopic (exact) mass is 877 g/mol. The third-order valence-corrected chi connectivity index (χ3v) is 13.7. The molecule has 1 aliphatic heterocycles. The predicted octanol–water partition coefficient (Wildman–Crippen LogP) is 15.1. The Labute approximate surface area is 398 Å². The van der Waals surface area contributed by atoms with Crippen molar-refractivity contribution >= 4 is 39.5 Å². The van der Waals surface area contributed by atoms with E-state index in [9.17, 15) is 0 Å². The molecule has 12 rings (SSSR count). The van der Waals surface area contributed by atoms with Gasteiger partial charge in [0.2, 0.25) is 0 Å². The van der Waals surface area contributed by atoms with E-state index in [-0.39, 0.29) is 5.92 Å². The highest BCUT2D eigenvalue weighted by molar-refractivity contribution is 6.17. The molecule has 8 aromatic rings. The van der Waals surface area contributed by atoms with Gasteiger partial charge in [-0.05, 0) is 108 Å². The van der Waals surface area contributed by atoms with Crippen LogP contribution in [0.4, 0.5) is 11.4 Å². The van der Waals surface area contributed by atoms with Crippen molar-refractivity contribution in [1.29, 1.82) is 0 Å². The summed E-state index contributed by atoms with van der Waals surface area (Å²) in [5.74, 6) is 1.87. The molecule has 7 aromatic carbocycles. The third kappa shape index (κ3) is 7.86. The summed E-state index contributed by atoms with van der Waals surface area (Å²) in [7, 11) is 0. The predicted molar refractivity (Wildman–Crippen MR) is 284 cm³/mol. The Bertz CT molecular complexity index is 3300. The molecule has 1 N–H and O–H groups in total. The van der Waals surface area contributed by atoms with Crippen molar-refractivity contribution in [2.75, 3.05) is 4.90 Å². The normalized spacial score (nSPS) is 17.6. The zero-order valence-electron chi connectivity index (χ0n) is 37.9. The molecule has 328 valence electrons. The van der Waals surface area contributed by atoms with E-state index in [1.54, 1.807) is 0 Å². The van der Waals surface area contributed by atoms with E-state index in [0.717, 1.165) is 83.2 Å². The maximum absolute atomic E-state index is 5.43. The lowest BCUT2D eigenvalue weighted by Crippen LogP contribution is -2.38. The van der Waals surface area contributed by atoms with Crippen LogP contribution in [0, 0.1) is 0 Å². The standard InChI is InChI=1S/C63H51N5/c1-6-20-44(21-7-1)49-28-16-32-53(42-49)67(54-33-17-29-50(43-54)45-22-8-2-9-23-45)52-40-38-46(39-41-52)55-34-18-35-56-57-36-19-37-58(60(57)68(59(55)56)51-30-14-5-15-31-51)63-65-61(47-24-10-3-11-25-47)64-62(66-63)48-26-12-4-13-27-48/h1-3,5-12,14-18,20-35,37-38,40-43,46,63H,4,13,19,36,39H2,(H,64,65,66). The average molecular weight is 878 g/mol. The van der Waals surface area contributed by atoms with Crippen molar-refractivity contribution in [2.45, 2.75) is 44.2 Å². The Kier molecular flexibility index (Phi) is 11.0. The van der Waals surface area contributed by atoms with Crippen molar-refractivity contribution < 1.29 is 0 Å². The summed E-state index contributed by atoms with van der Waals surface area (Å²) in [5, 5.41) is 4.94. The van der Waals surface area contributed by atoms with Crippen molar-refractivity contribution in [3.8, 4) is 27.9 Å². The van der Waals surface area contributed by atoms with E-state index in [0.29, 0.717) is 0 Å². The third-order valence-electron chi connectivity index (χ3n) is 13.7. The number of fused-ring (bicyclic) bond motifs is 3. The highest BCUT2D eigenvalue weighted by Gasteiger charge is 2.32. The lowest BCUT2D eigenvalue weighted by Gasteiger charge is -2.30. The SMILES string of the molecule is C1=CC(C2=NC(C3=CCCc4c3n(-c3ccccc3)c3c(C5C=CC(N(c6cccc(-c7ccccc7)c6)c6cccc(-c7ccccc7)c6)=CC5)cccc43)N=C(c3ccccc3)N2)=CCC1. The fourth-order valence-corrected chi connectivity index (χ4v) is 10.4. The summed E-state index contributed by atoms with van der Waals surface area (Å²) in [4.78, 5) is 13.3. The van der Waals surface area contributed by atoms with Crippen LogP contribution in [-0.4, -0.2) is 22.4 Å². The lowest BCUT2D eigenvalue weighted by molar-refractivity contribution is 0.823. The Morgan fingerprint density at radius 2 is 1.15 bits per heavy atom. The number of aromatic nitrogens is 1. The quantitative estimate of drug-likeness (QED) is 0.149. The first-order valence-corrected chi connectivity index (χ1v) is 24.0. The van der Waals surface area contributed by atoms with Crippen LogP contribution < -0.4 is 10.2 Å². The second kappa shape index (κ2) is 18.2. The zero-order chi connectivity index (χ0) is 45.2. The van der Waals surface area contributed by atoms with Gasteiger partial charge in [0.1, 0.15) is 11.7 Å². The Morgan fingerprint density at radius 3 is 1.78 bits per heavy atom. The van der Waals surface area contributed by atoms with Crippen LogP contribution in [0.15, 0.2) is 252 Å². The number of rotatable bonds is 10. The maximum atomic E-state index is 5.43. The van der Waals surface area contributed by atoms with E-state index < -0.39 is 6.17 Å². The molecule has 0 saturated heterocycles. The second-order valence-corrected chi connectivity index (χ2v) is 17.9. The van der Waals surface area contributed by atoms with E-state index in [1.165, 1.54) is 50.0 Å². The first kappa shape index (κ1) is 41.2. The van der Waals surface area contributed by atoms with Crippen molar-refractivity contribution in [1.82, 2.24) is 9.88 Å². The minimum Gasteiger partial charge on any atom is -0.324 e. The fourth-order valence-electron chi connectivity index (χ4n) is 10.4. The Morgan fingerprint density at radius 1 is 0.529 bits per heavy atom. The van der Waals surface area contributed by atoms with Gasteiger partial charge in [0.25, 0.3) is 0 Å². The van der Waals surface area contributed by atoms with Gasteiger partial charge in [-0.15, -0.1) is 0 Å². The summed E-state index contributed by atoms with van der Waals surface area (Å²) < 4.78 is 2.53. The number of aliphatic imine (C=N–C) groups is 2. The topological polar surface area (TPSA) is 44.9 Å². The number of amidine groups is 2. The molecule has 0 amide bonds. The summed E-state index contributed by atoms with van der Waals surface area (Å²) >= 11 is 0. The van der Waals surface area contributed by atoms with Gasteiger partial charge < -0.3 is 14.8 Å². The molecule has 0 radical (unpaired) electrons. The molecule has 0 bridgehead atoms. The molecule has 1 aromatic heterocycles. The van der Waals surface area contributed by atoms with Crippen LogP contribution >= 0.6 is 0 Å². The van der Waals surface area contributed by atoms with Gasteiger partial charge in [-0.1, -0.05) is 188 Å². The van der Waals surface area contributed by atoms with Gasteiger partial charge >= 0.3 is 0 Å². The number of benzene rings is 7. The van der Waals surface area contributed by atoms with Crippen LogP contribution in [0.1, 0.15) is 54.0 Å². The van der Waals surface area contributed by atoms with Crippen LogP contribution in [0.25, 0.3) is 44.4 Å². The number of allylic oxidation sites excluding steroid dienone is 6. The molecular formula is C63H51N5. The molecule has 2 atom stereocenters. The maximum Gasteiger partial charge on any atom is 0.171 e. The van der Waals surface area contributed by atoms with Crippen molar-refractivity contribution in [3.05, 3.63) is 264 Å². The van der Waals surface area contributed by atoms with Gasteiger partial charge in [-0.2, -0.15) is 0 Å². The number of hydrogen-bond donors (Lipinski definition) is 1. The average Bonchev–Trinajstić information content (AvgIpc) is 3.77. The number of nitrogens with zero attached hydrogens (tertiary/aromatic N) is 4. The summed E-state index contributed by atoms with van der Waals surface area (Å²) in [6.07, 6.45) is 20.7. The number of anilines is 2. The minimum atomic E-state index is -0.418. The fraction of sp³-hybridized carbons (Fsp3) is 0.111. The minimum absolute atomic E-state index is 0.151. The van der Waals surface area contributed by atoms with E-state index in [2.05, 4.69) is 245 Å². The summed E-state index contributed by atoms with van der Waals surface area (Å²) in [6, 6.07) is 67.5. The first-order valence-electron chi connectivity index (χ1n) is 24.0. The molecule has 3 aliphatic carbocycles. The molecule has 0 spiro atoms.